The Kier molecular flexibility index (Phi) is 6.51. The first-order chi connectivity index (χ1) is 16.9. The highest BCUT2D eigenvalue weighted by atomic mass is 32.3. The Morgan fingerprint density at radius 1 is 1.28 bits per heavy atom. The Labute approximate surface area is 208 Å². The van der Waals surface area contributed by atoms with Crippen molar-refractivity contribution in [3.05, 3.63) is 35.3 Å². The minimum Gasteiger partial charge on any atom is -0.435 e. The topological polar surface area (TPSA) is 117 Å². The molecule has 2 aromatic rings. The van der Waals surface area contributed by atoms with E-state index < -0.39 is 40.6 Å². The van der Waals surface area contributed by atoms with Gasteiger partial charge in [0.2, 0.25) is 5.91 Å². The number of carbonyl (C=O) groups excluding carboxylic acids is 1. The van der Waals surface area contributed by atoms with Gasteiger partial charge in [-0.05, 0) is 57.2 Å². The van der Waals surface area contributed by atoms with E-state index in [9.17, 15) is 32.2 Å². The smallest absolute Gasteiger partial charge is 0.387 e. The predicted molar refractivity (Wildman–Crippen MR) is 128 cm³/mol. The van der Waals surface area contributed by atoms with Gasteiger partial charge < -0.3 is 15.2 Å². The number of rotatable bonds is 6. The summed E-state index contributed by atoms with van der Waals surface area (Å²) in [4.78, 5) is 13.1. The number of aliphatic hydroxyl groups is 1. The molecule has 8 nitrogen and oxygen atoms in total. The maximum Gasteiger partial charge on any atom is 0.387 e. The summed E-state index contributed by atoms with van der Waals surface area (Å²) >= 11 is 0. The zero-order chi connectivity index (χ0) is 25.8. The Balaban J connectivity index is 1.47. The predicted octanol–water partition coefficient (Wildman–Crippen LogP) is 4.12. The fourth-order valence-corrected chi connectivity index (χ4v) is 7.97. The number of amides is 1. The Morgan fingerprint density at radius 2 is 2.03 bits per heavy atom. The Bertz CT molecular complexity index is 1170. The maximum absolute atomic E-state index is 14.9. The summed E-state index contributed by atoms with van der Waals surface area (Å²) in [6.45, 7) is -1.27. The first-order valence-electron chi connectivity index (χ1n) is 12.0. The van der Waals surface area contributed by atoms with Crippen LogP contribution in [0.4, 0.5) is 13.2 Å². The van der Waals surface area contributed by atoms with Gasteiger partial charge in [0.05, 0.1) is 34.9 Å². The van der Waals surface area contributed by atoms with Crippen molar-refractivity contribution in [2.45, 2.75) is 69.7 Å². The van der Waals surface area contributed by atoms with Gasteiger partial charge >= 0.3 is 6.61 Å². The zero-order valence-electron chi connectivity index (χ0n) is 19.8. The van der Waals surface area contributed by atoms with E-state index in [-0.39, 0.29) is 34.8 Å². The maximum atomic E-state index is 14.9. The number of carbonyl (C=O) groups is 1. The molecule has 0 spiro atoms. The van der Waals surface area contributed by atoms with Crippen molar-refractivity contribution in [2.24, 2.45) is 5.92 Å². The minimum atomic E-state index is -3.05. The van der Waals surface area contributed by atoms with E-state index in [1.54, 1.807) is 11.6 Å². The number of nitrogens with one attached hydrogen (secondary N) is 1. The van der Waals surface area contributed by atoms with Gasteiger partial charge in [-0.2, -0.15) is 24.5 Å². The molecule has 1 aliphatic heterocycles. The van der Waals surface area contributed by atoms with Crippen molar-refractivity contribution < 1.29 is 36.9 Å². The number of hydrogen-bond donors (Lipinski definition) is 4. The highest BCUT2D eigenvalue weighted by Crippen LogP contribution is 2.54. The Hall–Kier alpha value is -2.28. The van der Waals surface area contributed by atoms with E-state index >= 15 is 0 Å². The lowest BCUT2D eigenvalue weighted by Crippen LogP contribution is -2.62. The highest BCUT2D eigenvalue weighted by Gasteiger charge is 2.47. The van der Waals surface area contributed by atoms with Crippen LogP contribution in [-0.2, 0) is 17.6 Å². The third-order valence-corrected chi connectivity index (χ3v) is 9.57. The number of halogens is 3. The molecule has 1 aromatic heterocycles. The molecule has 1 aromatic carbocycles. The second-order valence-corrected chi connectivity index (χ2v) is 12.6. The number of nitrogens with zero attached hydrogens (tertiary/aromatic N) is 2. The van der Waals surface area contributed by atoms with Gasteiger partial charge in [0.1, 0.15) is 11.6 Å². The van der Waals surface area contributed by atoms with Crippen LogP contribution in [0.3, 0.4) is 0 Å². The lowest BCUT2D eigenvalue weighted by molar-refractivity contribution is -0.126. The summed E-state index contributed by atoms with van der Waals surface area (Å²) in [5.41, 5.74) is 1.13. The SMILES string of the molecule is CC1(NC(=O)C2CCc3c(-c4cc(OC(F)F)ccc4F)nn([C@@H]4CCC[C@H]4O)c3C2)CS(O)(O)C1. The van der Waals surface area contributed by atoms with Gasteiger partial charge in [-0.3, -0.25) is 18.6 Å². The van der Waals surface area contributed by atoms with Crippen molar-refractivity contribution in [3.8, 4) is 17.0 Å². The largest absolute Gasteiger partial charge is 0.435 e. The summed E-state index contributed by atoms with van der Waals surface area (Å²) in [7, 11) is -2.63. The molecule has 1 saturated heterocycles. The fraction of sp³-hybridized carbons (Fsp3) is 0.583. The molecule has 0 radical (unpaired) electrons. The molecule has 0 bridgehead atoms. The van der Waals surface area contributed by atoms with Crippen molar-refractivity contribution >= 4 is 16.5 Å². The van der Waals surface area contributed by atoms with Crippen molar-refractivity contribution in [1.82, 2.24) is 15.1 Å². The molecule has 3 atom stereocenters. The molecule has 36 heavy (non-hydrogen) atoms. The molecule has 4 N–H and O–H groups in total. The quantitative estimate of drug-likeness (QED) is 0.447. The first kappa shape index (κ1) is 25.4. The average Bonchev–Trinajstić information content (AvgIpc) is 3.35. The second kappa shape index (κ2) is 9.23. The summed E-state index contributed by atoms with van der Waals surface area (Å²) < 4.78 is 66.1. The number of fused-ring (bicyclic) bond motifs is 1. The fourth-order valence-electron chi connectivity index (χ4n) is 5.87. The van der Waals surface area contributed by atoms with E-state index in [0.717, 1.165) is 29.8 Å². The van der Waals surface area contributed by atoms with Crippen molar-refractivity contribution in [2.75, 3.05) is 11.5 Å². The standard InChI is InChI=1S/C24H30F3N3O5S/c1-24(11-36(33,34)12-24)28-22(32)13-5-7-15-19(9-13)30(18-3-2-4-20(18)31)29-21(15)16-10-14(35-23(26)27)6-8-17(16)25/h6,8,10,13,18,20,23,31,33-34H,2-5,7,9,11-12H2,1H3,(H,28,32)/t13?,18-,20-/m1/s1. The normalized spacial score (nSPS) is 27.3. The molecule has 2 fully saturated rings. The number of benzene rings is 1. The molecule has 5 rings (SSSR count). The van der Waals surface area contributed by atoms with Crippen LogP contribution in [0.15, 0.2) is 18.2 Å². The summed E-state index contributed by atoms with van der Waals surface area (Å²) in [5, 5.41) is 18.2. The van der Waals surface area contributed by atoms with Crippen LogP contribution in [0.5, 0.6) is 5.75 Å². The van der Waals surface area contributed by atoms with Crippen molar-refractivity contribution in [1.29, 1.82) is 0 Å². The lowest BCUT2D eigenvalue weighted by Gasteiger charge is -2.54. The lowest BCUT2D eigenvalue weighted by atomic mass is 9.84. The molecule has 1 amide bonds. The van der Waals surface area contributed by atoms with Gasteiger partial charge in [0.15, 0.2) is 0 Å². The van der Waals surface area contributed by atoms with Crippen LogP contribution in [-0.4, -0.2) is 59.7 Å². The van der Waals surface area contributed by atoms with Crippen LogP contribution in [0.2, 0.25) is 0 Å². The highest BCUT2D eigenvalue weighted by molar-refractivity contribution is 8.25. The van der Waals surface area contributed by atoms with Crippen molar-refractivity contribution in [3.63, 3.8) is 0 Å². The van der Waals surface area contributed by atoms with Crippen LogP contribution in [0.1, 0.15) is 49.9 Å². The van der Waals surface area contributed by atoms with Crippen LogP contribution < -0.4 is 10.1 Å². The third-order valence-electron chi connectivity index (χ3n) is 7.37. The molecule has 3 aliphatic rings. The number of alkyl halides is 2. The number of aliphatic hydroxyl groups excluding tert-OH is 1. The van der Waals surface area contributed by atoms with Gasteiger partial charge in [-0.25, -0.2) is 4.39 Å². The van der Waals surface area contributed by atoms with Crippen LogP contribution >= 0.6 is 10.6 Å². The third kappa shape index (κ3) is 4.83. The molecule has 1 saturated carbocycles. The zero-order valence-corrected chi connectivity index (χ0v) is 20.6. The second-order valence-electron chi connectivity index (χ2n) is 10.4. The molecule has 198 valence electrons. The van der Waals surface area contributed by atoms with Gasteiger partial charge in [0, 0.05) is 29.2 Å². The molecule has 2 aliphatic carbocycles. The van der Waals surface area contributed by atoms with E-state index in [2.05, 4.69) is 15.2 Å². The summed E-state index contributed by atoms with van der Waals surface area (Å²) in [6, 6.07) is 3.07. The minimum absolute atomic E-state index is 0.0331. The van der Waals surface area contributed by atoms with Gasteiger partial charge in [0.25, 0.3) is 0 Å². The monoisotopic (exact) mass is 529 g/mol. The van der Waals surface area contributed by atoms with E-state index in [1.807, 2.05) is 0 Å². The molecular formula is C24H30F3N3O5S. The molecule has 2 heterocycles. The molecule has 1 unspecified atom stereocenters. The first-order valence-corrected chi connectivity index (χ1v) is 13.9. The van der Waals surface area contributed by atoms with Crippen LogP contribution in [0, 0.1) is 11.7 Å². The molecular weight excluding hydrogens is 499 g/mol. The molecule has 12 heteroatoms. The van der Waals surface area contributed by atoms with Crippen LogP contribution in [0.25, 0.3) is 11.3 Å². The average molecular weight is 530 g/mol. The van der Waals surface area contributed by atoms with Gasteiger partial charge in [-0.1, -0.05) is 0 Å². The summed E-state index contributed by atoms with van der Waals surface area (Å²) in [6.07, 6.45) is 2.65. The van der Waals surface area contributed by atoms with E-state index in [1.165, 1.54) is 6.07 Å². The van der Waals surface area contributed by atoms with E-state index in [4.69, 9.17) is 0 Å². The number of ether oxygens (including phenoxy) is 1. The van der Waals surface area contributed by atoms with Gasteiger partial charge in [-0.15, -0.1) is 0 Å². The summed E-state index contributed by atoms with van der Waals surface area (Å²) in [5.74, 6) is -1.17. The number of hydrogen-bond acceptors (Lipinski definition) is 6. The van der Waals surface area contributed by atoms with E-state index in [0.29, 0.717) is 37.8 Å². The Morgan fingerprint density at radius 3 is 2.67 bits per heavy atom. The number of aromatic nitrogens is 2.